The highest BCUT2D eigenvalue weighted by atomic mass is 16.4. The maximum Gasteiger partial charge on any atom is 0.238 e. The van der Waals surface area contributed by atoms with Gasteiger partial charge >= 0.3 is 0 Å². The lowest BCUT2D eigenvalue weighted by Gasteiger charge is -2.06. The first kappa shape index (κ1) is 21.4. The summed E-state index contributed by atoms with van der Waals surface area (Å²) in [4.78, 5) is 12.1. The van der Waals surface area contributed by atoms with Gasteiger partial charge in [0.1, 0.15) is 22.5 Å². The lowest BCUT2D eigenvalue weighted by atomic mass is 10.1. The molecule has 0 fully saturated rings. The van der Waals surface area contributed by atoms with E-state index in [-0.39, 0.29) is 44.5 Å². The highest BCUT2D eigenvalue weighted by Gasteiger charge is 2.19. The molecule has 1 aromatic heterocycles. The standard InChI is InChI=1S/C15H8O7.3H2O/c16-7-4-10(19)12-11(5-7)22-15(14(21)13(12)20)6-1-2-8(17)9(18)3-6;;;/h3-5,16-19,21H;3*1H2. The van der Waals surface area contributed by atoms with Gasteiger partial charge in [0.05, 0.1) is 5.56 Å². The Bertz CT molecular complexity index is 961. The van der Waals surface area contributed by atoms with Gasteiger partial charge in [-0.1, -0.05) is 6.07 Å². The molecule has 0 atom stereocenters. The van der Waals surface area contributed by atoms with Crippen molar-refractivity contribution in [2.24, 2.45) is 0 Å². The monoisotopic (exact) mass is 354 g/mol. The van der Waals surface area contributed by atoms with Crippen LogP contribution in [0.5, 0.6) is 28.7 Å². The van der Waals surface area contributed by atoms with E-state index in [2.05, 4.69) is 12.1 Å². The molecule has 0 aliphatic rings. The fraction of sp³-hybridized carbons (Fsp3) is 0. The first-order chi connectivity index (χ1) is 10.4. The summed E-state index contributed by atoms with van der Waals surface area (Å²) in [6, 6.07) is 7.63. The van der Waals surface area contributed by atoms with Crippen LogP contribution in [0.25, 0.3) is 22.3 Å². The van der Waals surface area contributed by atoms with E-state index in [1.807, 2.05) is 0 Å². The van der Waals surface area contributed by atoms with Crippen molar-refractivity contribution >= 4 is 11.0 Å². The SMILES string of the molecule is O.O.O.O=c1c(O)c(-c2c#cc(O)c(O)c2)oc2cc(O)cc(O)c12. The molecule has 10 heteroatoms. The lowest BCUT2D eigenvalue weighted by Crippen LogP contribution is -2.02. The molecule has 1 heterocycles. The number of hydrogen-bond donors (Lipinski definition) is 5. The third-order valence-corrected chi connectivity index (χ3v) is 3.02. The zero-order chi connectivity index (χ0) is 16.0. The van der Waals surface area contributed by atoms with E-state index < -0.39 is 28.4 Å². The predicted octanol–water partition coefficient (Wildman–Crippen LogP) is -0.886. The molecule has 10 nitrogen and oxygen atoms in total. The predicted molar refractivity (Wildman–Crippen MR) is 84.8 cm³/mol. The van der Waals surface area contributed by atoms with Gasteiger partial charge in [-0.3, -0.25) is 4.79 Å². The number of phenols is 2. The number of fused-ring (bicyclic) bond motifs is 1. The highest BCUT2D eigenvalue weighted by Crippen LogP contribution is 2.36. The smallest absolute Gasteiger partial charge is 0.238 e. The summed E-state index contributed by atoms with van der Waals surface area (Å²) in [5.74, 6) is -3.16. The van der Waals surface area contributed by atoms with E-state index >= 15 is 0 Å². The molecule has 0 bridgehead atoms. The summed E-state index contributed by atoms with van der Waals surface area (Å²) < 4.78 is 5.30. The van der Waals surface area contributed by atoms with E-state index in [9.17, 15) is 30.3 Å². The zero-order valence-corrected chi connectivity index (χ0v) is 12.3. The van der Waals surface area contributed by atoms with Gasteiger partial charge in [0, 0.05) is 18.2 Å². The van der Waals surface area contributed by atoms with Crippen LogP contribution in [0, 0.1) is 12.1 Å². The molecular weight excluding hydrogens is 340 g/mol. The summed E-state index contributed by atoms with van der Waals surface area (Å²) in [6.07, 6.45) is 0. The van der Waals surface area contributed by atoms with Gasteiger partial charge in [0.2, 0.25) is 16.9 Å². The molecular formula is C15H14O10. The number of rotatable bonds is 1. The summed E-state index contributed by atoms with van der Waals surface area (Å²) in [7, 11) is 0. The third-order valence-electron chi connectivity index (χ3n) is 3.02. The Hall–Kier alpha value is -3.65. The Kier molecular flexibility index (Phi) is 6.22. The molecule has 3 aromatic rings. The Morgan fingerprint density at radius 3 is 2.08 bits per heavy atom. The second-order valence-corrected chi connectivity index (χ2v) is 4.49. The van der Waals surface area contributed by atoms with Crippen LogP contribution in [0.1, 0.15) is 0 Å². The molecule has 0 saturated heterocycles. The van der Waals surface area contributed by atoms with Crippen molar-refractivity contribution in [1.29, 1.82) is 0 Å². The Labute approximate surface area is 139 Å². The second kappa shape index (κ2) is 7.28. The van der Waals surface area contributed by atoms with Crippen LogP contribution < -0.4 is 5.43 Å². The molecule has 0 aliphatic heterocycles. The third kappa shape index (κ3) is 3.33. The van der Waals surface area contributed by atoms with Crippen molar-refractivity contribution in [3.05, 3.63) is 40.6 Å². The molecule has 2 aromatic carbocycles. The van der Waals surface area contributed by atoms with Crippen LogP contribution in [0.15, 0.2) is 27.4 Å². The van der Waals surface area contributed by atoms with E-state index in [4.69, 9.17) is 4.42 Å². The first-order valence-electron chi connectivity index (χ1n) is 5.96. The Morgan fingerprint density at radius 2 is 1.48 bits per heavy atom. The maximum absolute atomic E-state index is 12.1. The Balaban J connectivity index is 0.00000192. The summed E-state index contributed by atoms with van der Waals surface area (Å²) in [5, 5.41) is 47.4. The number of aromatic hydroxyl groups is 5. The molecule has 3 rings (SSSR count). The minimum Gasteiger partial charge on any atom is -0.508 e. The fourth-order valence-electron chi connectivity index (χ4n) is 2.01. The first-order valence-corrected chi connectivity index (χ1v) is 5.96. The summed E-state index contributed by atoms with van der Waals surface area (Å²) >= 11 is 0. The van der Waals surface area contributed by atoms with Crippen LogP contribution >= 0.6 is 0 Å². The highest BCUT2D eigenvalue weighted by molar-refractivity contribution is 5.88. The van der Waals surface area contributed by atoms with Crippen molar-refractivity contribution in [2.75, 3.05) is 0 Å². The number of benzene rings is 1. The molecule has 0 amide bonds. The van der Waals surface area contributed by atoms with Gasteiger partial charge < -0.3 is 46.4 Å². The van der Waals surface area contributed by atoms with E-state index in [1.54, 1.807) is 0 Å². The van der Waals surface area contributed by atoms with Crippen LogP contribution in [-0.4, -0.2) is 42.0 Å². The normalized spacial score (nSPS) is 9.28. The maximum atomic E-state index is 12.1. The van der Waals surface area contributed by atoms with Gasteiger partial charge in [-0.05, 0) is 6.07 Å². The molecule has 134 valence electrons. The van der Waals surface area contributed by atoms with Crippen LogP contribution in [0.2, 0.25) is 0 Å². The van der Waals surface area contributed by atoms with Crippen molar-refractivity contribution < 1.29 is 46.4 Å². The molecule has 25 heavy (non-hydrogen) atoms. The Morgan fingerprint density at radius 1 is 0.840 bits per heavy atom. The minimum atomic E-state index is -0.922. The zero-order valence-electron chi connectivity index (χ0n) is 12.3. The van der Waals surface area contributed by atoms with Crippen molar-refractivity contribution in [3.63, 3.8) is 0 Å². The number of hydrogen-bond acceptors (Lipinski definition) is 7. The van der Waals surface area contributed by atoms with E-state index in [0.717, 1.165) is 18.2 Å². The van der Waals surface area contributed by atoms with E-state index in [1.165, 1.54) is 0 Å². The summed E-state index contributed by atoms with van der Waals surface area (Å²) in [5.41, 5.74) is -1.14. The number of phenolic OH excluding ortho intramolecular Hbond substituents is 2. The van der Waals surface area contributed by atoms with Crippen LogP contribution in [0.4, 0.5) is 0 Å². The van der Waals surface area contributed by atoms with Gasteiger partial charge in [0.15, 0.2) is 11.5 Å². The fourth-order valence-corrected chi connectivity index (χ4v) is 2.01. The van der Waals surface area contributed by atoms with Crippen molar-refractivity contribution in [2.45, 2.75) is 0 Å². The van der Waals surface area contributed by atoms with Gasteiger partial charge in [-0.2, -0.15) is 0 Å². The second-order valence-electron chi connectivity index (χ2n) is 4.49. The lowest BCUT2D eigenvalue weighted by molar-refractivity contribution is 0.404. The van der Waals surface area contributed by atoms with E-state index in [0.29, 0.717) is 0 Å². The average molecular weight is 354 g/mol. The molecule has 0 spiro atoms. The van der Waals surface area contributed by atoms with Gasteiger partial charge in [-0.15, -0.1) is 0 Å². The van der Waals surface area contributed by atoms with Crippen LogP contribution in [0.3, 0.4) is 0 Å². The molecule has 0 radical (unpaired) electrons. The average Bonchev–Trinajstić information content (AvgIpc) is 2.45. The molecule has 0 aliphatic carbocycles. The minimum absolute atomic E-state index is 0. The largest absolute Gasteiger partial charge is 0.508 e. The van der Waals surface area contributed by atoms with Crippen molar-refractivity contribution in [3.8, 4) is 40.1 Å². The topological polar surface area (TPSA) is 226 Å². The van der Waals surface area contributed by atoms with Gasteiger partial charge in [0.25, 0.3) is 0 Å². The quantitative estimate of drug-likeness (QED) is 0.370. The van der Waals surface area contributed by atoms with Gasteiger partial charge in [-0.25, -0.2) is 0 Å². The molecule has 0 unspecified atom stereocenters. The molecule has 0 saturated carbocycles. The summed E-state index contributed by atoms with van der Waals surface area (Å²) in [6.45, 7) is 0. The molecule has 11 N–H and O–H groups in total. The van der Waals surface area contributed by atoms with Crippen LogP contribution in [-0.2, 0) is 0 Å². The van der Waals surface area contributed by atoms with Crippen molar-refractivity contribution in [1.82, 2.24) is 0 Å².